The zero-order chi connectivity index (χ0) is 26.3. The smallest absolute Gasteiger partial charge is 0.331 e. The van der Waals surface area contributed by atoms with E-state index in [1.54, 1.807) is 12.2 Å². The zero-order valence-corrected chi connectivity index (χ0v) is 28.1. The predicted molar refractivity (Wildman–Crippen MR) is 157 cm³/mol. The molecule has 0 amide bonds. The van der Waals surface area contributed by atoms with Crippen molar-refractivity contribution in [2.75, 3.05) is 19.8 Å². The predicted octanol–water partition coefficient (Wildman–Crippen LogP) is 4.30. The Labute approximate surface area is 226 Å². The molecule has 0 radical (unpaired) electrons. The van der Waals surface area contributed by atoms with Crippen molar-refractivity contribution in [3.8, 4) is 0 Å². The molecule has 0 aromatic heterocycles. The molecule has 5 nitrogen and oxygen atoms in total. The van der Waals surface area contributed by atoms with Crippen molar-refractivity contribution in [3.63, 3.8) is 0 Å². The highest BCUT2D eigenvalue weighted by atomic mass is 28.3. The first-order valence-electron chi connectivity index (χ1n) is 14.6. The molecule has 3 saturated heterocycles. The second-order valence-corrected chi connectivity index (χ2v) is 20.0. The van der Waals surface area contributed by atoms with Crippen LogP contribution in [0.2, 0.25) is 19.6 Å². The highest BCUT2D eigenvalue weighted by Gasteiger charge is 2.69. The third kappa shape index (κ3) is 5.88. The van der Waals surface area contributed by atoms with E-state index in [1.807, 2.05) is 6.92 Å². The first-order chi connectivity index (χ1) is 17.2. The van der Waals surface area contributed by atoms with E-state index < -0.39 is 33.6 Å². The highest BCUT2D eigenvalue weighted by Crippen LogP contribution is 2.54. The molecule has 36 heavy (non-hydrogen) atoms. The van der Waals surface area contributed by atoms with Crippen molar-refractivity contribution >= 4 is 33.8 Å². The number of hydrogen-bond donors (Lipinski definition) is 0. The fraction of sp³-hybridized carbons (Fsp3) is 0.821. The van der Waals surface area contributed by atoms with Crippen molar-refractivity contribution in [2.45, 2.75) is 125 Å². The molecule has 0 aromatic carbocycles. The van der Waals surface area contributed by atoms with Gasteiger partial charge in [-0.2, -0.15) is 0 Å². The molecule has 0 saturated carbocycles. The van der Waals surface area contributed by atoms with Crippen LogP contribution in [0.3, 0.4) is 0 Å². The van der Waals surface area contributed by atoms with Crippen LogP contribution in [-0.2, 0) is 23.7 Å². The summed E-state index contributed by atoms with van der Waals surface area (Å²) in [4.78, 5) is 13.5. The maximum Gasteiger partial charge on any atom is 0.331 e. The molecule has 3 aliphatic rings. The minimum Gasteiger partial charge on any atom is -0.450 e. The largest absolute Gasteiger partial charge is 0.450 e. The molecule has 0 bridgehead atoms. The van der Waals surface area contributed by atoms with Gasteiger partial charge in [-0.05, 0) is 84.0 Å². The number of allylic oxidation sites excluding steroid dienone is 1. The monoisotopic (exact) mass is 552 g/mol. The van der Waals surface area contributed by atoms with E-state index in [9.17, 15) is 4.79 Å². The second kappa shape index (κ2) is 13.0. The number of hydrogen-bond acceptors (Lipinski definition) is 5. The van der Waals surface area contributed by atoms with E-state index in [-0.39, 0.29) is 11.2 Å². The summed E-state index contributed by atoms with van der Waals surface area (Å²) in [6.07, 6.45) is 15.9. The molecular weight excluding hydrogens is 501 g/mol. The molecule has 0 aromatic rings. The lowest BCUT2D eigenvalue weighted by molar-refractivity contribution is -0.256. The van der Waals surface area contributed by atoms with Crippen LogP contribution in [-0.4, -0.2) is 74.9 Å². The second-order valence-electron chi connectivity index (χ2n) is 11.9. The Bertz CT molecular complexity index is 752. The summed E-state index contributed by atoms with van der Waals surface area (Å²) in [5.41, 5.74) is 1.35. The van der Waals surface area contributed by atoms with Crippen LogP contribution in [0.1, 0.15) is 84.0 Å². The van der Waals surface area contributed by atoms with Crippen molar-refractivity contribution < 1.29 is 23.7 Å². The summed E-state index contributed by atoms with van der Waals surface area (Å²) in [7, 11) is -2.16. The van der Waals surface area contributed by atoms with Gasteiger partial charge in [-0.3, -0.25) is 0 Å². The molecule has 0 N–H and O–H groups in total. The Balaban J connectivity index is 2.15. The maximum atomic E-state index is 13.5. The lowest BCUT2D eigenvalue weighted by Crippen LogP contribution is -2.79. The number of carbonyl (C=O) groups excluding carboxylic acids is 1. The number of ether oxygens (including phenoxy) is 4. The van der Waals surface area contributed by atoms with Crippen molar-refractivity contribution in [1.82, 2.24) is 0 Å². The zero-order valence-electron chi connectivity index (χ0n) is 23.7. The van der Waals surface area contributed by atoms with Gasteiger partial charge in [0.25, 0.3) is 0 Å². The molecule has 3 aliphatic heterocycles. The maximum absolute atomic E-state index is 13.5. The summed E-state index contributed by atoms with van der Waals surface area (Å²) >= 11 is 0. The van der Waals surface area contributed by atoms with E-state index in [0.29, 0.717) is 0 Å². The van der Waals surface area contributed by atoms with Gasteiger partial charge in [-0.1, -0.05) is 25.7 Å². The Morgan fingerprint density at radius 2 is 1.56 bits per heavy atom. The van der Waals surface area contributed by atoms with E-state index in [4.69, 9.17) is 18.9 Å². The summed E-state index contributed by atoms with van der Waals surface area (Å²) in [5.74, 6) is -0.256. The first-order valence-corrected chi connectivity index (χ1v) is 20.9. The van der Waals surface area contributed by atoms with E-state index >= 15 is 0 Å². The van der Waals surface area contributed by atoms with Crippen LogP contribution >= 0.6 is 0 Å². The fourth-order valence-electron chi connectivity index (χ4n) is 7.36. The Kier molecular flexibility index (Phi) is 10.9. The van der Waals surface area contributed by atoms with Gasteiger partial charge >= 0.3 is 5.97 Å². The van der Waals surface area contributed by atoms with Crippen LogP contribution < -0.4 is 0 Å². The molecule has 5 atom stereocenters. The molecule has 206 valence electrons. The van der Waals surface area contributed by atoms with Crippen LogP contribution in [0.4, 0.5) is 0 Å². The number of rotatable bonds is 11. The number of esters is 1. The third-order valence-electron chi connectivity index (χ3n) is 9.36. The van der Waals surface area contributed by atoms with Gasteiger partial charge in [0, 0.05) is 41.4 Å². The summed E-state index contributed by atoms with van der Waals surface area (Å²) in [6.45, 7) is 15.6. The van der Waals surface area contributed by atoms with Gasteiger partial charge in [-0.15, -0.1) is 12.3 Å². The normalized spacial score (nSPS) is 34.4. The molecule has 3 heterocycles. The van der Waals surface area contributed by atoms with Gasteiger partial charge in [0.1, 0.15) is 14.0 Å². The van der Waals surface area contributed by atoms with Crippen LogP contribution in [0, 0.1) is 0 Å². The molecule has 3 rings (SSSR count). The van der Waals surface area contributed by atoms with Gasteiger partial charge in [0.05, 0.1) is 14.0 Å². The molecule has 5 unspecified atom stereocenters. The Morgan fingerprint density at radius 3 is 2.03 bits per heavy atom. The molecular formula is C28H52O5Si3. The highest BCUT2D eigenvalue weighted by molar-refractivity contribution is 6.67. The van der Waals surface area contributed by atoms with E-state index in [1.165, 1.54) is 12.8 Å². The molecule has 3 fully saturated rings. The average Bonchev–Trinajstić information content (AvgIpc) is 2.88. The topological polar surface area (TPSA) is 54.0 Å². The Hall–Kier alpha value is -0.519. The summed E-state index contributed by atoms with van der Waals surface area (Å²) in [6, 6.07) is 0. The first kappa shape index (κ1) is 30.0. The lowest BCUT2D eigenvalue weighted by atomic mass is 9.76. The molecule has 0 spiro atoms. The van der Waals surface area contributed by atoms with Gasteiger partial charge < -0.3 is 18.9 Å². The van der Waals surface area contributed by atoms with Crippen LogP contribution in [0.15, 0.2) is 24.4 Å². The average molecular weight is 553 g/mol. The minimum absolute atomic E-state index is 0.0369. The van der Waals surface area contributed by atoms with Gasteiger partial charge in [0.15, 0.2) is 5.60 Å². The lowest BCUT2D eigenvalue weighted by Gasteiger charge is -2.63. The SMILES string of the molecule is C=C[SiH](C)C1(C(CCCC2([SiH3])CCCCO2)(OC(=O)C=CC)C2([SiH](C)C)CCCCO2)CCCCO1. The Morgan fingerprint density at radius 1 is 0.972 bits per heavy atom. The summed E-state index contributed by atoms with van der Waals surface area (Å²) < 4.78 is 27.2. The minimum atomic E-state index is -1.69. The van der Waals surface area contributed by atoms with Crippen molar-refractivity contribution in [2.24, 2.45) is 0 Å². The standard InChI is InChI=1S/C28H52O5Si3/c1-6-15-24(29)33-26(27(35(3)4)19-9-12-22-31-27,18-14-17-25(34)16-8-11-21-30-25)28(36(5)7-2)20-10-13-23-32-28/h6-7,15,35-36H,2,8-14,16-23H2,1,3-5,34H3. The number of carbonyl (C=O) groups is 1. The third-order valence-corrected chi connectivity index (χ3v) is 16.5. The van der Waals surface area contributed by atoms with Crippen LogP contribution in [0.25, 0.3) is 0 Å². The fourth-order valence-corrected chi connectivity index (χ4v) is 13.7. The van der Waals surface area contributed by atoms with Gasteiger partial charge in [0.2, 0.25) is 0 Å². The molecule has 0 aliphatic carbocycles. The summed E-state index contributed by atoms with van der Waals surface area (Å²) in [5, 5.41) is -0.921. The van der Waals surface area contributed by atoms with E-state index in [2.05, 4.69) is 31.9 Å². The van der Waals surface area contributed by atoms with Crippen molar-refractivity contribution in [3.05, 3.63) is 24.4 Å². The van der Waals surface area contributed by atoms with Gasteiger partial charge in [-0.25, -0.2) is 4.79 Å². The van der Waals surface area contributed by atoms with Crippen LogP contribution in [0.5, 0.6) is 0 Å². The van der Waals surface area contributed by atoms with E-state index in [0.717, 1.165) is 94.3 Å². The van der Waals surface area contributed by atoms with Crippen molar-refractivity contribution in [1.29, 1.82) is 0 Å². The molecule has 8 heteroatoms. The quantitative estimate of drug-likeness (QED) is 0.217.